The van der Waals surface area contributed by atoms with Crippen LogP contribution in [0.4, 0.5) is 0 Å². The van der Waals surface area contributed by atoms with Gasteiger partial charge in [0.05, 0.1) is 19.8 Å². The summed E-state index contributed by atoms with van der Waals surface area (Å²) in [4.78, 5) is 19.7. The van der Waals surface area contributed by atoms with Crippen molar-refractivity contribution >= 4 is 5.91 Å². The van der Waals surface area contributed by atoms with Crippen LogP contribution in [0, 0.1) is 0 Å². The number of likely N-dealkylation sites (tertiary alicyclic amines) is 1. The smallest absolute Gasteiger partial charge is 0.227 e. The van der Waals surface area contributed by atoms with Gasteiger partial charge in [-0.2, -0.15) is 4.98 Å². The van der Waals surface area contributed by atoms with Crippen LogP contribution in [-0.4, -0.2) is 41.2 Å². The Morgan fingerprint density at radius 3 is 2.55 bits per heavy atom. The van der Waals surface area contributed by atoms with Crippen LogP contribution >= 0.6 is 0 Å². The fourth-order valence-electron chi connectivity index (χ4n) is 4.28. The molecule has 0 N–H and O–H groups in total. The lowest BCUT2D eigenvalue weighted by Crippen LogP contribution is -2.35. The van der Waals surface area contributed by atoms with Gasteiger partial charge in [-0.15, -0.1) is 0 Å². The van der Waals surface area contributed by atoms with Crippen LogP contribution in [0.15, 0.2) is 53.1 Å². The molecule has 1 amide bonds. The van der Waals surface area contributed by atoms with Gasteiger partial charge in [-0.05, 0) is 61.7 Å². The van der Waals surface area contributed by atoms with Crippen molar-refractivity contribution in [3.63, 3.8) is 0 Å². The number of benzene rings is 2. The van der Waals surface area contributed by atoms with Crippen molar-refractivity contribution < 1.29 is 18.8 Å². The molecule has 2 aromatic carbocycles. The minimum Gasteiger partial charge on any atom is -0.497 e. The number of rotatable bonds is 8. The zero-order chi connectivity index (χ0) is 23.0. The topological polar surface area (TPSA) is 77.7 Å². The molecule has 4 rings (SSSR count). The molecule has 1 aliphatic rings. The fraction of sp³-hybridized carbons (Fsp3) is 0.423. The third kappa shape index (κ3) is 5.72. The Morgan fingerprint density at radius 2 is 1.82 bits per heavy atom. The van der Waals surface area contributed by atoms with E-state index in [-0.39, 0.29) is 11.9 Å². The van der Waals surface area contributed by atoms with Crippen molar-refractivity contribution in [1.82, 2.24) is 15.0 Å². The SMILES string of the molecule is CCOc1ccc(-c2noc(CCC(=O)N3CCCCCC3c3ccc(OC)cc3)n2)cc1. The van der Waals surface area contributed by atoms with E-state index in [2.05, 4.69) is 22.3 Å². The third-order valence-corrected chi connectivity index (χ3v) is 6.02. The standard InChI is InChI=1S/C26H31N3O4/c1-3-32-22-14-10-20(11-15-22)26-27-24(33-28-26)16-17-25(30)29-18-6-4-5-7-23(29)19-8-12-21(31-2)13-9-19/h8-15,23H,3-7,16-18H2,1-2H3. The summed E-state index contributed by atoms with van der Waals surface area (Å²) in [5.41, 5.74) is 2.01. The number of carbonyl (C=O) groups is 1. The molecule has 0 aliphatic carbocycles. The van der Waals surface area contributed by atoms with E-state index in [9.17, 15) is 4.79 Å². The van der Waals surface area contributed by atoms with Crippen LogP contribution in [0.3, 0.4) is 0 Å². The van der Waals surface area contributed by atoms with Crippen molar-refractivity contribution in [2.45, 2.75) is 51.5 Å². The average Bonchev–Trinajstić information content (AvgIpc) is 3.19. The van der Waals surface area contributed by atoms with Crippen molar-refractivity contribution in [2.24, 2.45) is 0 Å². The maximum absolute atomic E-state index is 13.2. The number of hydrogen-bond acceptors (Lipinski definition) is 6. The highest BCUT2D eigenvalue weighted by atomic mass is 16.5. The van der Waals surface area contributed by atoms with Crippen LogP contribution in [0.2, 0.25) is 0 Å². The lowest BCUT2D eigenvalue weighted by Gasteiger charge is -2.30. The second kappa shape index (κ2) is 11.0. The molecule has 1 atom stereocenters. The maximum atomic E-state index is 13.2. The largest absolute Gasteiger partial charge is 0.497 e. The molecule has 3 aromatic rings. The number of nitrogens with zero attached hydrogens (tertiary/aromatic N) is 3. The molecule has 174 valence electrons. The summed E-state index contributed by atoms with van der Waals surface area (Å²) < 4.78 is 16.2. The molecule has 7 nitrogen and oxygen atoms in total. The van der Waals surface area contributed by atoms with Gasteiger partial charge in [-0.3, -0.25) is 4.79 Å². The van der Waals surface area contributed by atoms with E-state index in [4.69, 9.17) is 14.0 Å². The number of carbonyl (C=O) groups excluding carboxylic acids is 1. The van der Waals surface area contributed by atoms with Gasteiger partial charge in [0.15, 0.2) is 0 Å². The van der Waals surface area contributed by atoms with Crippen LogP contribution in [0.1, 0.15) is 56.5 Å². The molecular formula is C26H31N3O4. The lowest BCUT2D eigenvalue weighted by molar-refractivity contribution is -0.133. The Balaban J connectivity index is 1.40. The third-order valence-electron chi connectivity index (χ3n) is 6.02. The first-order chi connectivity index (χ1) is 16.2. The summed E-state index contributed by atoms with van der Waals surface area (Å²) in [6, 6.07) is 15.7. The second-order valence-electron chi connectivity index (χ2n) is 8.19. The molecule has 0 radical (unpaired) electrons. The summed E-state index contributed by atoms with van der Waals surface area (Å²) in [5.74, 6) is 2.75. The summed E-state index contributed by atoms with van der Waals surface area (Å²) in [5, 5.41) is 4.08. The first-order valence-corrected chi connectivity index (χ1v) is 11.7. The number of hydrogen-bond donors (Lipinski definition) is 0. The molecule has 0 bridgehead atoms. The first-order valence-electron chi connectivity index (χ1n) is 11.7. The molecule has 2 heterocycles. The summed E-state index contributed by atoms with van der Waals surface area (Å²) in [6.45, 7) is 3.35. The molecule has 0 spiro atoms. The Kier molecular flexibility index (Phi) is 7.60. The highest BCUT2D eigenvalue weighted by Gasteiger charge is 2.27. The molecular weight excluding hydrogens is 418 g/mol. The van der Waals surface area contributed by atoms with E-state index < -0.39 is 0 Å². The number of aryl methyl sites for hydroxylation is 1. The van der Waals surface area contributed by atoms with E-state index >= 15 is 0 Å². The van der Waals surface area contributed by atoms with E-state index in [0.717, 1.165) is 54.9 Å². The molecule has 1 unspecified atom stereocenters. The van der Waals surface area contributed by atoms with Gasteiger partial charge < -0.3 is 18.9 Å². The summed E-state index contributed by atoms with van der Waals surface area (Å²) >= 11 is 0. The minimum absolute atomic E-state index is 0.0907. The van der Waals surface area contributed by atoms with Gasteiger partial charge in [0, 0.05) is 24.9 Å². The molecule has 1 fully saturated rings. The van der Waals surface area contributed by atoms with Crippen molar-refractivity contribution in [1.29, 1.82) is 0 Å². The van der Waals surface area contributed by atoms with E-state index in [0.29, 0.717) is 31.2 Å². The van der Waals surface area contributed by atoms with E-state index in [1.807, 2.05) is 48.2 Å². The first kappa shape index (κ1) is 22.8. The van der Waals surface area contributed by atoms with Crippen molar-refractivity contribution in [3.05, 3.63) is 60.0 Å². The van der Waals surface area contributed by atoms with Gasteiger partial charge in [-0.25, -0.2) is 0 Å². The van der Waals surface area contributed by atoms with Crippen molar-refractivity contribution in [2.75, 3.05) is 20.3 Å². The van der Waals surface area contributed by atoms with Gasteiger partial charge in [0.1, 0.15) is 11.5 Å². The van der Waals surface area contributed by atoms with Gasteiger partial charge in [0.25, 0.3) is 0 Å². The molecule has 0 saturated carbocycles. The zero-order valence-corrected chi connectivity index (χ0v) is 19.3. The minimum atomic E-state index is 0.0907. The Bertz CT molecular complexity index is 1030. The maximum Gasteiger partial charge on any atom is 0.227 e. The van der Waals surface area contributed by atoms with E-state index in [1.165, 1.54) is 0 Å². The highest BCUT2D eigenvalue weighted by molar-refractivity contribution is 5.77. The van der Waals surface area contributed by atoms with Gasteiger partial charge in [0.2, 0.25) is 17.6 Å². The Morgan fingerprint density at radius 1 is 1.06 bits per heavy atom. The predicted octanol–water partition coefficient (Wildman–Crippen LogP) is 5.22. The van der Waals surface area contributed by atoms with Crippen LogP contribution < -0.4 is 9.47 Å². The summed E-state index contributed by atoms with van der Waals surface area (Å²) in [6.07, 6.45) is 5.04. The molecule has 1 aliphatic heterocycles. The quantitative estimate of drug-likeness (QED) is 0.469. The number of aromatic nitrogens is 2. The van der Waals surface area contributed by atoms with Crippen LogP contribution in [0.5, 0.6) is 11.5 Å². The molecule has 1 aromatic heterocycles. The summed E-state index contributed by atoms with van der Waals surface area (Å²) in [7, 11) is 1.66. The zero-order valence-electron chi connectivity index (χ0n) is 19.3. The predicted molar refractivity (Wildman–Crippen MR) is 125 cm³/mol. The lowest BCUT2D eigenvalue weighted by atomic mass is 10.00. The second-order valence-corrected chi connectivity index (χ2v) is 8.19. The normalized spacial score (nSPS) is 16.3. The monoisotopic (exact) mass is 449 g/mol. The number of amides is 1. The number of ether oxygens (including phenoxy) is 2. The van der Waals surface area contributed by atoms with Crippen molar-refractivity contribution in [3.8, 4) is 22.9 Å². The van der Waals surface area contributed by atoms with E-state index in [1.54, 1.807) is 7.11 Å². The number of methoxy groups -OCH3 is 1. The highest BCUT2D eigenvalue weighted by Crippen LogP contribution is 2.32. The van der Waals surface area contributed by atoms with Crippen LogP contribution in [-0.2, 0) is 11.2 Å². The van der Waals surface area contributed by atoms with Gasteiger partial charge >= 0.3 is 0 Å². The fourth-order valence-corrected chi connectivity index (χ4v) is 4.28. The Hall–Kier alpha value is -3.35. The average molecular weight is 450 g/mol. The molecule has 1 saturated heterocycles. The van der Waals surface area contributed by atoms with Crippen LogP contribution in [0.25, 0.3) is 11.4 Å². The molecule has 7 heteroatoms. The van der Waals surface area contributed by atoms with Gasteiger partial charge in [-0.1, -0.05) is 30.1 Å². The molecule has 33 heavy (non-hydrogen) atoms. The Labute approximate surface area is 194 Å².